The van der Waals surface area contributed by atoms with E-state index in [4.69, 9.17) is 88.2 Å². The highest BCUT2D eigenvalue weighted by Gasteiger charge is 2.55. The van der Waals surface area contributed by atoms with Crippen molar-refractivity contribution < 1.29 is 197 Å². The lowest BCUT2D eigenvalue weighted by Gasteiger charge is -2.32. The second-order valence-corrected chi connectivity index (χ2v) is 32.6. The van der Waals surface area contributed by atoms with Crippen molar-refractivity contribution in [2.24, 2.45) is 37.7 Å². The number of carbonyl (C=O) groups excluding carboxylic acids is 3. The molecule has 23 N–H and O–H groups in total. The summed E-state index contributed by atoms with van der Waals surface area (Å²) in [6.45, 7) is 22.1. The molecule has 112 heavy (non-hydrogen) atoms. The molecule has 0 radical (unpaired) electrons. The maximum atomic E-state index is 12.5. The van der Waals surface area contributed by atoms with Crippen molar-refractivity contribution in [2.45, 2.75) is 147 Å². The zero-order chi connectivity index (χ0) is 84.0. The van der Waals surface area contributed by atoms with Crippen LogP contribution in [0.25, 0.3) is 0 Å². The number of nitrogens with zero attached hydrogens (tertiary/aromatic N) is 8. The number of nitrogens with one attached hydrogen (secondary N) is 4. The molecule has 8 rings (SSSR count). The molecule has 636 valence electrons. The molecule has 0 bridgehead atoms. The van der Waals surface area contributed by atoms with Crippen molar-refractivity contribution in [1.82, 2.24) is 41.5 Å². The van der Waals surface area contributed by atoms with Crippen molar-refractivity contribution in [3.8, 4) is 0 Å². The molecule has 0 aromatic carbocycles. The number of hydrogen-bond donors (Lipinski definition) is 23. The summed E-state index contributed by atoms with van der Waals surface area (Å²) in [5, 5.41) is 95.6. The minimum absolute atomic E-state index is 0. The summed E-state index contributed by atoms with van der Waals surface area (Å²) in [6, 6.07) is 0. The first-order valence-corrected chi connectivity index (χ1v) is 40.4. The smallest absolute Gasteiger partial charge is 0.463 e. The molecule has 8 aliphatic rings. The molecule has 8 aliphatic heterocycles. The number of phosphoric ester groups is 3. The van der Waals surface area contributed by atoms with Crippen LogP contribution in [0.1, 0.15) is 49.0 Å². The van der Waals surface area contributed by atoms with Crippen LogP contribution in [0.5, 0.6) is 0 Å². The fraction of sp³-hybridized carbons (Fsp3) is 0.566. The van der Waals surface area contributed by atoms with Gasteiger partial charge in [0.25, 0.3) is 0 Å². The molecule has 0 aliphatic carbocycles. The van der Waals surface area contributed by atoms with Crippen molar-refractivity contribution in [3.05, 3.63) is 98.7 Å². The summed E-state index contributed by atoms with van der Waals surface area (Å²) in [5.41, 5.74) is 7.32. The van der Waals surface area contributed by atoms with Crippen LogP contribution in [0.15, 0.2) is 119 Å². The molecule has 0 aromatic rings. The van der Waals surface area contributed by atoms with E-state index in [1.807, 2.05) is 11.0 Å². The molecule has 53 nitrogen and oxygen atoms in total. The Morgan fingerprint density at radius 1 is 0.402 bits per heavy atom. The minimum Gasteiger partial charge on any atom is -0.463 e. The highest BCUT2D eigenvalue weighted by Crippen LogP contribution is 2.66. The predicted octanol–water partition coefficient (Wildman–Crippen LogP) is -2.63. The van der Waals surface area contributed by atoms with E-state index >= 15 is 0 Å². The molecule has 0 saturated carbocycles. The van der Waals surface area contributed by atoms with Gasteiger partial charge in [0, 0.05) is 24.8 Å². The van der Waals surface area contributed by atoms with E-state index in [0.717, 1.165) is 0 Å². The third-order valence-corrected chi connectivity index (χ3v) is 21.2. The maximum Gasteiger partial charge on any atom is 0.490 e. The van der Waals surface area contributed by atoms with Crippen molar-refractivity contribution in [2.75, 3.05) is 26.4 Å². The van der Waals surface area contributed by atoms with Gasteiger partial charge in [-0.05, 0) is 24.3 Å². The lowest BCUT2D eigenvalue weighted by molar-refractivity contribution is -0.173. The lowest BCUT2D eigenvalue weighted by Crippen LogP contribution is -2.47. The molecular weight excluding hydrogens is 1650 g/mol. The number of hydrogen-bond acceptors (Lipinski definition) is 44. The molecule has 0 aromatic heterocycles. The normalized spacial score (nSPS) is 29.4. The standard InChI is InChI=1S/C22H33N3O8.C10H18N3O14P3.C10H17N3O11P2.C10H16N3O8P.CH4/c1-11(2)20(26)30-10-15-17(32-21(27)12(3)4)18(33-22(28)13(5)6)19(31-15)25-9-8-16(24-29)23-14(25)7;1-5-11-7(12-16)2-3-13(5)10-9(15)8(14)6(25-10)4-24-29(20,21)27-30(22,23)26-28(17,18)19;1-5-11-7(12-16)2-3-13(5)10-9(15)8(14)6(23-10)4-22-26(20,21)24-25(17,18)19;1-5-11-7(12-16)2-3-13(5)10-9(15)8(14)6(21-10)4-20-22(17,18)19;/h8-9,11-13,15,17-19,29H,7,10H2,1-6H3,(H,23,24);2-3,6,8-10,14-16H,1,4H2,(H,11,12)(H,20,21)(H,22,23)(H2,17,18,19);2-3,6,8-10,14-16H,1,4H2,(H,11,12)(H,20,21)(H2,17,18,19);2-3,6,8-10,14-16H,1,4H2,(H,11,12)(H2,17,18,19);1H4/t15-,17-,18-,19-;3*6-,8-,9-,10-;/m1111./s1. The van der Waals surface area contributed by atoms with Crippen molar-refractivity contribution >= 4 is 88.2 Å². The highest BCUT2D eigenvalue weighted by molar-refractivity contribution is 7.66. The van der Waals surface area contributed by atoms with E-state index in [1.54, 1.807) is 52.5 Å². The first-order chi connectivity index (χ1) is 51.3. The van der Waals surface area contributed by atoms with Crippen LogP contribution in [0.4, 0.5) is 0 Å². The van der Waals surface area contributed by atoms with Gasteiger partial charge in [-0.3, -0.25) is 70.7 Å². The Balaban J connectivity index is 0.000000317. The Bertz CT molecular complexity index is 3920. The van der Waals surface area contributed by atoms with Crippen LogP contribution >= 0.6 is 46.9 Å². The number of ether oxygens (including phenoxy) is 7. The molecule has 8 heterocycles. The van der Waals surface area contributed by atoms with Gasteiger partial charge in [0.15, 0.2) is 60.5 Å². The number of esters is 3. The van der Waals surface area contributed by atoms with Gasteiger partial charge in [0.05, 0.1) is 37.6 Å². The Morgan fingerprint density at radius 3 is 0.964 bits per heavy atom. The number of aliphatic hydroxyl groups is 6. The summed E-state index contributed by atoms with van der Waals surface area (Å²) >= 11 is 0. The molecule has 3 unspecified atom stereocenters. The zero-order valence-corrected chi connectivity index (χ0v) is 63.9. The van der Waals surface area contributed by atoms with Gasteiger partial charge < -0.3 is 127 Å². The highest BCUT2D eigenvalue weighted by atomic mass is 31.3. The topological polar surface area (TPSA) is 769 Å². The molecule has 4 fully saturated rings. The Kier molecular flexibility index (Phi) is 36.3. The fourth-order valence-corrected chi connectivity index (χ4v) is 14.5. The van der Waals surface area contributed by atoms with Gasteiger partial charge in [-0.1, -0.05) is 75.3 Å². The van der Waals surface area contributed by atoms with Crippen LogP contribution in [0.2, 0.25) is 0 Å². The van der Waals surface area contributed by atoms with E-state index in [0.29, 0.717) is 0 Å². The summed E-state index contributed by atoms with van der Waals surface area (Å²) in [6.07, 6.45) is -9.68. The first kappa shape index (κ1) is 98.0. The van der Waals surface area contributed by atoms with Gasteiger partial charge in [0.2, 0.25) is 0 Å². The molecule has 19 atom stereocenters. The maximum absolute atomic E-state index is 12.5. The van der Waals surface area contributed by atoms with E-state index in [2.05, 4.69) is 72.8 Å². The molecule has 0 amide bonds. The minimum atomic E-state index is -5.70. The van der Waals surface area contributed by atoms with Crippen LogP contribution in [0, 0.1) is 17.8 Å². The van der Waals surface area contributed by atoms with Gasteiger partial charge in [-0.25, -0.2) is 47.4 Å². The second kappa shape index (κ2) is 41.5. The zero-order valence-electron chi connectivity index (χ0n) is 58.5. The van der Waals surface area contributed by atoms with E-state index in [9.17, 15) is 82.2 Å². The molecule has 0 spiro atoms. The first-order valence-electron chi connectivity index (χ1n) is 31.3. The third kappa shape index (κ3) is 28.8. The summed E-state index contributed by atoms with van der Waals surface area (Å²) in [5.74, 6) is -2.07. The van der Waals surface area contributed by atoms with Crippen molar-refractivity contribution in [3.63, 3.8) is 0 Å². The predicted molar refractivity (Wildman–Crippen MR) is 369 cm³/mol. The SMILES string of the molecule is C.C=C1N=C(NO)C=CN1[C@@H]1O[C@H](COC(=O)C(C)C)[C@@H](OC(=O)C(C)C)[C@H]1OC(=O)C(C)C.C=C1N=C(NO)C=CN1[C@@H]1O[C@H](COP(=O)(O)O)[C@@H](O)[C@H]1O.C=C1N=C(NO)C=CN1[C@@H]1O[C@H](COP(=O)(O)OP(=O)(O)O)[C@@H](O)[C@H]1O.C=C1N=C(NO)C=CN1[C@@H]1O[C@H](COP(=O)(O)OP(=O)(O)OP(=O)(O)O)[C@@H](O)[C@H]1O. The van der Waals surface area contributed by atoms with Crippen LogP contribution in [0.3, 0.4) is 0 Å². The van der Waals surface area contributed by atoms with E-state index in [1.165, 1.54) is 68.7 Å². The number of hydroxylamine groups is 4. The van der Waals surface area contributed by atoms with Crippen LogP contribution < -0.4 is 21.9 Å². The quantitative estimate of drug-likeness (QED) is 0.0182. The number of amidine groups is 4. The van der Waals surface area contributed by atoms with E-state index < -0.39 is 195 Å². The van der Waals surface area contributed by atoms with Gasteiger partial charge in [-0.15, -0.1) is 0 Å². The molecular formula is C53H88N12O41P6. The Morgan fingerprint density at radius 2 is 0.679 bits per heavy atom. The van der Waals surface area contributed by atoms with Gasteiger partial charge in [0.1, 0.15) is 90.9 Å². The van der Waals surface area contributed by atoms with Crippen LogP contribution in [-0.4, -0.2) is 281 Å². The number of phosphoric acid groups is 6. The van der Waals surface area contributed by atoms with Crippen molar-refractivity contribution in [1.29, 1.82) is 0 Å². The summed E-state index contributed by atoms with van der Waals surface area (Å²) in [4.78, 5) is 137. The van der Waals surface area contributed by atoms with E-state index in [-0.39, 0.29) is 66.6 Å². The average molecular weight is 1740 g/mol. The number of carbonyl (C=O) groups is 3. The average Bonchev–Trinajstić information content (AvgIpc) is 1.65. The molecule has 4 saturated heterocycles. The summed E-state index contributed by atoms with van der Waals surface area (Å²) in [7, 11) is -31.8. The van der Waals surface area contributed by atoms with Gasteiger partial charge >= 0.3 is 64.8 Å². The second-order valence-electron chi connectivity index (χ2n) is 24.1. The number of rotatable bonds is 26. The molecule has 59 heteroatoms. The largest absolute Gasteiger partial charge is 0.490 e. The van der Waals surface area contributed by atoms with Gasteiger partial charge in [-0.2, -0.15) is 12.9 Å². The fourth-order valence-electron chi connectivity index (χ4n) is 9.52. The number of aliphatic imine (C=N–C) groups is 4. The lowest BCUT2D eigenvalue weighted by atomic mass is 10.1. The Hall–Kier alpha value is -6.37. The van der Waals surface area contributed by atoms with Crippen LogP contribution in [-0.2, 0) is 101 Å². The summed E-state index contributed by atoms with van der Waals surface area (Å²) < 4.78 is 129. The third-order valence-electron chi connectivity index (χ3n) is 14.8. The number of aliphatic hydroxyl groups excluding tert-OH is 6. The monoisotopic (exact) mass is 1730 g/mol. The Labute approximate surface area is 634 Å².